The molecule has 1 N–H and O–H groups in total. The molecule has 0 aliphatic rings. The van der Waals surface area contributed by atoms with Crippen LogP contribution in [0.1, 0.15) is 13.3 Å². The largest absolute Gasteiger partial charge is 0.467 e. The van der Waals surface area contributed by atoms with Crippen LogP contribution >= 0.6 is 0 Å². The molecule has 20 heavy (non-hydrogen) atoms. The van der Waals surface area contributed by atoms with E-state index in [1.807, 2.05) is 0 Å². The molecule has 10 heteroatoms. The van der Waals surface area contributed by atoms with Crippen molar-refractivity contribution in [2.75, 3.05) is 26.6 Å². The van der Waals surface area contributed by atoms with Crippen molar-refractivity contribution in [1.82, 2.24) is 5.32 Å². The third-order valence-electron chi connectivity index (χ3n) is 2.08. The first-order chi connectivity index (χ1) is 9.21. The second kappa shape index (κ2) is 8.48. The van der Waals surface area contributed by atoms with Crippen molar-refractivity contribution in [2.24, 2.45) is 0 Å². The minimum atomic E-state index is -3.76. The molecule has 0 saturated carbocycles. The zero-order chi connectivity index (χ0) is 15.8. The fraction of sp³-hybridized carbons (Fsp3) is 0.700. The van der Waals surface area contributed by atoms with E-state index in [0.29, 0.717) is 0 Å². The highest BCUT2D eigenvalue weighted by Gasteiger charge is 2.22. The second-order valence-electron chi connectivity index (χ2n) is 3.64. The smallest absolute Gasteiger partial charge is 0.331 e. The summed E-state index contributed by atoms with van der Waals surface area (Å²) in [6.07, 6.45) is -0.426. The molecule has 0 bridgehead atoms. The van der Waals surface area contributed by atoms with Crippen LogP contribution in [0.3, 0.4) is 0 Å². The van der Waals surface area contributed by atoms with Gasteiger partial charge in [-0.15, -0.1) is 0 Å². The highest BCUT2D eigenvalue weighted by molar-refractivity contribution is 7.86. The standard InChI is InChI=1S/C10H17NO8S/c1-7(12)11-8(10(14)17-2)6-19-9(13)4-5-20(15,16)18-3/h8H,4-6H2,1-3H3,(H,11,12). The Morgan fingerprint density at radius 1 is 1.20 bits per heavy atom. The van der Waals surface area contributed by atoms with Gasteiger partial charge in [0.05, 0.1) is 26.4 Å². The molecule has 0 aromatic carbocycles. The van der Waals surface area contributed by atoms with Crippen LogP contribution in [0, 0.1) is 0 Å². The Kier molecular flexibility index (Phi) is 7.77. The van der Waals surface area contributed by atoms with Gasteiger partial charge in [-0.05, 0) is 0 Å². The maximum absolute atomic E-state index is 11.3. The van der Waals surface area contributed by atoms with Gasteiger partial charge in [0, 0.05) is 6.92 Å². The quantitative estimate of drug-likeness (QED) is 0.427. The molecule has 1 amide bonds. The third kappa shape index (κ3) is 7.69. The average Bonchev–Trinajstić information content (AvgIpc) is 2.39. The van der Waals surface area contributed by atoms with E-state index in [2.05, 4.69) is 14.2 Å². The van der Waals surface area contributed by atoms with E-state index in [1.54, 1.807) is 0 Å². The number of esters is 2. The van der Waals surface area contributed by atoms with E-state index in [1.165, 1.54) is 6.92 Å². The Labute approximate surface area is 116 Å². The molecule has 0 aliphatic heterocycles. The minimum absolute atomic E-state index is 0.426. The van der Waals surface area contributed by atoms with Crippen molar-refractivity contribution in [2.45, 2.75) is 19.4 Å². The second-order valence-corrected chi connectivity index (χ2v) is 5.49. The molecular weight excluding hydrogens is 294 g/mol. The predicted molar refractivity (Wildman–Crippen MR) is 66.0 cm³/mol. The highest BCUT2D eigenvalue weighted by Crippen LogP contribution is 1.98. The number of amides is 1. The molecule has 1 unspecified atom stereocenters. The topological polar surface area (TPSA) is 125 Å². The van der Waals surface area contributed by atoms with Gasteiger partial charge < -0.3 is 14.8 Å². The zero-order valence-corrected chi connectivity index (χ0v) is 12.2. The normalized spacial score (nSPS) is 12.3. The van der Waals surface area contributed by atoms with Gasteiger partial charge in [-0.25, -0.2) is 4.79 Å². The van der Waals surface area contributed by atoms with Gasteiger partial charge in [-0.3, -0.25) is 13.8 Å². The Hall–Kier alpha value is -1.68. The van der Waals surface area contributed by atoms with Crippen molar-refractivity contribution >= 4 is 28.0 Å². The number of nitrogens with one attached hydrogen (secondary N) is 1. The summed E-state index contributed by atoms with van der Waals surface area (Å²) in [5, 5.41) is 2.24. The van der Waals surface area contributed by atoms with E-state index in [-0.39, 0.29) is 0 Å². The molecule has 0 saturated heterocycles. The molecule has 0 aromatic rings. The zero-order valence-electron chi connectivity index (χ0n) is 11.4. The molecule has 0 fully saturated rings. The van der Waals surface area contributed by atoms with Crippen molar-refractivity contribution in [1.29, 1.82) is 0 Å². The number of ether oxygens (including phenoxy) is 2. The van der Waals surface area contributed by atoms with Crippen LogP contribution in [0.25, 0.3) is 0 Å². The summed E-state index contributed by atoms with van der Waals surface area (Å²) in [6, 6.07) is -1.14. The number of hydrogen-bond donors (Lipinski definition) is 1. The van der Waals surface area contributed by atoms with Crippen molar-refractivity contribution < 1.29 is 36.5 Å². The third-order valence-corrected chi connectivity index (χ3v) is 3.30. The van der Waals surface area contributed by atoms with Crippen LogP contribution in [-0.2, 0) is 38.2 Å². The van der Waals surface area contributed by atoms with Crippen LogP contribution in [0.5, 0.6) is 0 Å². The van der Waals surface area contributed by atoms with Crippen molar-refractivity contribution in [3.05, 3.63) is 0 Å². The lowest BCUT2D eigenvalue weighted by Gasteiger charge is -2.15. The highest BCUT2D eigenvalue weighted by atomic mass is 32.2. The van der Waals surface area contributed by atoms with Gasteiger partial charge in [0.2, 0.25) is 5.91 Å². The van der Waals surface area contributed by atoms with Crippen molar-refractivity contribution in [3.8, 4) is 0 Å². The van der Waals surface area contributed by atoms with E-state index < -0.39 is 52.8 Å². The molecular formula is C10H17NO8S. The lowest BCUT2D eigenvalue weighted by Crippen LogP contribution is -2.44. The lowest BCUT2D eigenvalue weighted by molar-refractivity contribution is -0.151. The summed E-state index contributed by atoms with van der Waals surface area (Å²) in [6.45, 7) is 0.737. The van der Waals surface area contributed by atoms with Gasteiger partial charge in [-0.2, -0.15) is 8.42 Å². The predicted octanol–water partition coefficient (Wildman–Crippen LogP) is -1.43. The summed E-state index contributed by atoms with van der Waals surface area (Å²) < 4.78 is 35.2. The van der Waals surface area contributed by atoms with Gasteiger partial charge in [-0.1, -0.05) is 0 Å². The molecule has 116 valence electrons. The van der Waals surface area contributed by atoms with Crippen LogP contribution in [-0.4, -0.2) is 58.9 Å². The van der Waals surface area contributed by atoms with E-state index in [0.717, 1.165) is 14.2 Å². The summed E-state index contributed by atoms with van der Waals surface area (Å²) in [5.74, 6) is -2.66. The number of rotatable bonds is 8. The first-order valence-electron chi connectivity index (χ1n) is 5.50. The Bertz CT molecular complexity index is 458. The monoisotopic (exact) mass is 311 g/mol. The molecule has 0 rings (SSSR count). The summed E-state index contributed by atoms with van der Waals surface area (Å²) >= 11 is 0. The van der Waals surface area contributed by atoms with E-state index in [4.69, 9.17) is 4.74 Å². The number of carbonyl (C=O) groups excluding carboxylic acids is 3. The fourth-order valence-corrected chi connectivity index (χ4v) is 1.68. The first-order valence-corrected chi connectivity index (χ1v) is 7.08. The number of hydrogen-bond acceptors (Lipinski definition) is 8. The van der Waals surface area contributed by atoms with Crippen LogP contribution in [0.15, 0.2) is 0 Å². The Morgan fingerprint density at radius 3 is 2.25 bits per heavy atom. The molecule has 0 aliphatic carbocycles. The minimum Gasteiger partial charge on any atom is -0.467 e. The van der Waals surface area contributed by atoms with Gasteiger partial charge in [0.15, 0.2) is 6.04 Å². The maximum atomic E-state index is 11.3. The Balaban J connectivity index is 4.31. The van der Waals surface area contributed by atoms with Crippen LogP contribution < -0.4 is 5.32 Å². The molecule has 0 heterocycles. The van der Waals surface area contributed by atoms with Gasteiger partial charge in [0.25, 0.3) is 10.1 Å². The molecule has 0 radical (unpaired) electrons. The SMILES string of the molecule is COC(=O)C(COC(=O)CCS(=O)(=O)OC)NC(C)=O. The summed E-state index contributed by atoms with van der Waals surface area (Å²) in [4.78, 5) is 33.4. The van der Waals surface area contributed by atoms with Gasteiger partial charge in [0.1, 0.15) is 6.61 Å². The Morgan fingerprint density at radius 2 is 1.80 bits per heavy atom. The summed E-state index contributed by atoms with van der Waals surface area (Å²) in [5.41, 5.74) is 0. The van der Waals surface area contributed by atoms with Gasteiger partial charge >= 0.3 is 11.9 Å². The van der Waals surface area contributed by atoms with E-state index >= 15 is 0 Å². The number of methoxy groups -OCH3 is 1. The van der Waals surface area contributed by atoms with Crippen molar-refractivity contribution in [3.63, 3.8) is 0 Å². The van der Waals surface area contributed by atoms with Crippen LogP contribution in [0.4, 0.5) is 0 Å². The fourth-order valence-electron chi connectivity index (χ4n) is 1.10. The summed E-state index contributed by atoms with van der Waals surface area (Å²) in [7, 11) is -1.66. The average molecular weight is 311 g/mol. The molecule has 1 atom stereocenters. The molecule has 0 aromatic heterocycles. The number of carbonyl (C=O) groups is 3. The van der Waals surface area contributed by atoms with Crippen LogP contribution in [0.2, 0.25) is 0 Å². The maximum Gasteiger partial charge on any atom is 0.331 e. The molecule has 0 spiro atoms. The molecule has 9 nitrogen and oxygen atoms in total. The first kappa shape index (κ1) is 18.3. The lowest BCUT2D eigenvalue weighted by atomic mass is 10.3. The van der Waals surface area contributed by atoms with E-state index in [9.17, 15) is 22.8 Å².